The number of nitrogens with one attached hydrogen (secondary N) is 1. The molecule has 0 fully saturated rings. The van der Waals surface area contributed by atoms with Gasteiger partial charge in [-0.15, -0.1) is 0 Å². The zero-order chi connectivity index (χ0) is 12.5. The van der Waals surface area contributed by atoms with E-state index < -0.39 is 0 Å². The van der Waals surface area contributed by atoms with Crippen LogP contribution in [0.1, 0.15) is 5.56 Å². The molecule has 1 aromatic carbocycles. The van der Waals surface area contributed by atoms with Gasteiger partial charge in [-0.3, -0.25) is 0 Å². The van der Waals surface area contributed by atoms with Crippen molar-refractivity contribution in [3.63, 3.8) is 0 Å². The second-order valence-corrected chi connectivity index (χ2v) is 4.20. The summed E-state index contributed by atoms with van der Waals surface area (Å²) in [7, 11) is 0. The molecule has 3 aromatic rings. The summed E-state index contributed by atoms with van der Waals surface area (Å²) in [5, 5.41) is 7.49. The predicted octanol–water partition coefficient (Wildman–Crippen LogP) is 2.36. The number of aryl methyl sites for hydroxylation is 1. The molecule has 0 radical (unpaired) electrons. The molecule has 0 unspecified atom stereocenters. The third-order valence-electron chi connectivity index (χ3n) is 2.68. The molecule has 0 amide bonds. The van der Waals surface area contributed by atoms with Gasteiger partial charge in [0.2, 0.25) is 0 Å². The fourth-order valence-electron chi connectivity index (χ4n) is 1.91. The van der Waals surface area contributed by atoms with Crippen molar-refractivity contribution in [2.24, 2.45) is 0 Å². The molecule has 5 heteroatoms. The minimum absolute atomic E-state index is 0.725. The van der Waals surface area contributed by atoms with E-state index in [9.17, 15) is 0 Å². The second-order valence-electron chi connectivity index (χ2n) is 4.20. The molecule has 3 N–H and O–H groups in total. The van der Waals surface area contributed by atoms with Crippen molar-refractivity contribution >= 4 is 22.8 Å². The van der Waals surface area contributed by atoms with Crippen LogP contribution in [-0.2, 0) is 0 Å². The number of nitrogens with zero attached hydrogens (tertiary/aromatic N) is 3. The van der Waals surface area contributed by atoms with Crippen LogP contribution < -0.4 is 11.1 Å². The summed E-state index contributed by atoms with van der Waals surface area (Å²) >= 11 is 0. The monoisotopic (exact) mass is 239 g/mol. The lowest BCUT2D eigenvalue weighted by Crippen LogP contribution is -2.00. The predicted molar refractivity (Wildman–Crippen MR) is 71.9 cm³/mol. The van der Waals surface area contributed by atoms with Crippen molar-refractivity contribution in [1.82, 2.24) is 14.6 Å². The third kappa shape index (κ3) is 1.86. The van der Waals surface area contributed by atoms with Crippen LogP contribution in [0.25, 0.3) is 5.65 Å². The zero-order valence-electron chi connectivity index (χ0n) is 9.96. The van der Waals surface area contributed by atoms with E-state index in [4.69, 9.17) is 5.73 Å². The van der Waals surface area contributed by atoms with Gasteiger partial charge in [0.15, 0.2) is 5.65 Å². The van der Waals surface area contributed by atoms with E-state index in [2.05, 4.69) is 15.4 Å². The Morgan fingerprint density at radius 1 is 1.22 bits per heavy atom. The Morgan fingerprint density at radius 2 is 2.11 bits per heavy atom. The molecular formula is C13H13N5. The van der Waals surface area contributed by atoms with Crippen molar-refractivity contribution < 1.29 is 0 Å². The Bertz CT molecular complexity index is 701. The number of hydrogen-bond donors (Lipinski definition) is 2. The number of fused-ring (bicyclic) bond motifs is 1. The normalized spacial score (nSPS) is 10.7. The first kappa shape index (κ1) is 10.6. The lowest BCUT2D eigenvalue weighted by molar-refractivity contribution is 0.965. The zero-order valence-corrected chi connectivity index (χ0v) is 9.96. The topological polar surface area (TPSA) is 68.2 Å². The summed E-state index contributed by atoms with van der Waals surface area (Å²) in [5.74, 6) is 0.869. The van der Waals surface area contributed by atoms with E-state index in [1.807, 2.05) is 43.3 Å². The fraction of sp³-hybridized carbons (Fsp3) is 0.0769. The van der Waals surface area contributed by atoms with Crippen LogP contribution in [0.15, 0.2) is 42.7 Å². The molecule has 90 valence electrons. The summed E-state index contributed by atoms with van der Waals surface area (Å²) in [6.45, 7) is 2.03. The van der Waals surface area contributed by atoms with Crippen molar-refractivity contribution in [1.29, 1.82) is 0 Å². The first-order valence-electron chi connectivity index (χ1n) is 5.65. The second kappa shape index (κ2) is 4.03. The summed E-state index contributed by atoms with van der Waals surface area (Å²) in [4.78, 5) is 4.19. The molecule has 0 bridgehead atoms. The first-order chi connectivity index (χ1) is 8.72. The van der Waals surface area contributed by atoms with Crippen molar-refractivity contribution in [3.05, 3.63) is 48.3 Å². The van der Waals surface area contributed by atoms with Gasteiger partial charge in [0.25, 0.3) is 0 Å². The molecule has 0 atom stereocenters. The number of anilines is 3. The molecule has 2 aromatic heterocycles. The Morgan fingerprint density at radius 3 is 2.94 bits per heavy atom. The van der Waals surface area contributed by atoms with E-state index in [0.717, 1.165) is 28.4 Å². The highest BCUT2D eigenvalue weighted by Crippen LogP contribution is 2.20. The minimum atomic E-state index is 0.725. The Hall–Kier alpha value is -2.56. The summed E-state index contributed by atoms with van der Waals surface area (Å²) < 4.78 is 1.76. The Balaban J connectivity index is 2.06. The van der Waals surface area contributed by atoms with E-state index in [1.165, 1.54) is 0 Å². The number of benzene rings is 1. The van der Waals surface area contributed by atoms with Crippen LogP contribution in [0.4, 0.5) is 17.2 Å². The third-order valence-corrected chi connectivity index (χ3v) is 2.68. The van der Waals surface area contributed by atoms with Crippen LogP contribution in [0.2, 0.25) is 0 Å². The van der Waals surface area contributed by atoms with Crippen molar-refractivity contribution in [2.45, 2.75) is 6.92 Å². The molecule has 0 saturated heterocycles. The van der Waals surface area contributed by atoms with E-state index in [0.29, 0.717) is 0 Å². The Labute approximate surface area is 104 Å². The molecule has 0 spiro atoms. The SMILES string of the molecule is Cc1cc(Nc2cccc(N)c2)n2ncnc2c1. The quantitative estimate of drug-likeness (QED) is 0.674. The first-order valence-corrected chi connectivity index (χ1v) is 5.65. The van der Waals surface area contributed by atoms with Gasteiger partial charge < -0.3 is 11.1 Å². The number of nitrogen functional groups attached to an aromatic ring is 1. The smallest absolute Gasteiger partial charge is 0.157 e. The summed E-state index contributed by atoms with van der Waals surface area (Å²) in [6, 6.07) is 11.6. The number of pyridine rings is 1. The van der Waals surface area contributed by atoms with E-state index in [-0.39, 0.29) is 0 Å². The lowest BCUT2D eigenvalue weighted by atomic mass is 10.2. The maximum absolute atomic E-state index is 5.76. The average Bonchev–Trinajstić information content (AvgIpc) is 2.77. The maximum Gasteiger partial charge on any atom is 0.157 e. The maximum atomic E-state index is 5.76. The van der Waals surface area contributed by atoms with Gasteiger partial charge >= 0.3 is 0 Å². The highest BCUT2D eigenvalue weighted by molar-refractivity contribution is 5.64. The van der Waals surface area contributed by atoms with E-state index in [1.54, 1.807) is 10.8 Å². The molecule has 0 aliphatic heterocycles. The molecule has 3 rings (SSSR count). The summed E-state index contributed by atoms with van der Waals surface area (Å²) in [5.41, 5.74) is 9.36. The van der Waals surface area contributed by atoms with E-state index >= 15 is 0 Å². The van der Waals surface area contributed by atoms with Gasteiger partial charge in [-0.25, -0.2) is 4.98 Å². The van der Waals surface area contributed by atoms with Gasteiger partial charge in [0.05, 0.1) is 0 Å². The molecule has 0 aliphatic carbocycles. The van der Waals surface area contributed by atoms with Gasteiger partial charge in [-0.2, -0.15) is 9.61 Å². The van der Waals surface area contributed by atoms with Crippen molar-refractivity contribution in [2.75, 3.05) is 11.1 Å². The molecule has 2 heterocycles. The number of hydrogen-bond acceptors (Lipinski definition) is 4. The number of aromatic nitrogens is 3. The van der Waals surface area contributed by atoms with Crippen LogP contribution >= 0.6 is 0 Å². The largest absolute Gasteiger partial charge is 0.399 e. The molecule has 18 heavy (non-hydrogen) atoms. The average molecular weight is 239 g/mol. The molecular weight excluding hydrogens is 226 g/mol. The van der Waals surface area contributed by atoms with Gasteiger partial charge in [0, 0.05) is 11.4 Å². The van der Waals surface area contributed by atoms with Crippen LogP contribution in [-0.4, -0.2) is 14.6 Å². The lowest BCUT2D eigenvalue weighted by Gasteiger charge is -2.09. The fourth-order valence-corrected chi connectivity index (χ4v) is 1.91. The van der Waals surface area contributed by atoms with Crippen LogP contribution in [0, 0.1) is 6.92 Å². The number of rotatable bonds is 2. The van der Waals surface area contributed by atoms with Crippen molar-refractivity contribution in [3.8, 4) is 0 Å². The minimum Gasteiger partial charge on any atom is -0.399 e. The highest BCUT2D eigenvalue weighted by atomic mass is 15.3. The summed E-state index contributed by atoms with van der Waals surface area (Å²) in [6.07, 6.45) is 1.54. The molecule has 0 saturated carbocycles. The van der Waals surface area contributed by atoms with Crippen LogP contribution in [0.5, 0.6) is 0 Å². The van der Waals surface area contributed by atoms with Gasteiger partial charge in [-0.1, -0.05) is 6.07 Å². The Kier molecular flexibility index (Phi) is 2.37. The van der Waals surface area contributed by atoms with Gasteiger partial charge in [0.1, 0.15) is 12.1 Å². The molecule has 5 nitrogen and oxygen atoms in total. The molecule has 0 aliphatic rings. The van der Waals surface area contributed by atoms with Gasteiger partial charge in [-0.05, 0) is 42.8 Å². The highest BCUT2D eigenvalue weighted by Gasteiger charge is 2.04. The standard InChI is InChI=1S/C13H13N5/c1-9-5-12-15-8-16-18(12)13(6-9)17-11-4-2-3-10(14)7-11/h2-8,17H,14H2,1H3. The number of nitrogens with two attached hydrogens (primary N) is 1. The van der Waals surface area contributed by atoms with Crippen LogP contribution in [0.3, 0.4) is 0 Å².